The minimum absolute atomic E-state index is 0.836. The summed E-state index contributed by atoms with van der Waals surface area (Å²) in [5.41, 5.74) is 8.00. The fraction of sp³-hybridized carbons (Fsp3) is 0. The van der Waals surface area contributed by atoms with Gasteiger partial charge < -0.3 is 0 Å². The monoisotopic (exact) mass is 386 g/mol. The van der Waals surface area contributed by atoms with Crippen molar-refractivity contribution < 1.29 is 0 Å². The molecule has 6 heteroatoms. The minimum atomic E-state index is 0.836. The second-order valence-corrected chi connectivity index (χ2v) is 6.98. The molecule has 0 radical (unpaired) electrons. The molecule has 0 unspecified atom stereocenters. The summed E-state index contributed by atoms with van der Waals surface area (Å²) in [7, 11) is 0. The van der Waals surface area contributed by atoms with Gasteiger partial charge in [0.05, 0.1) is 39.0 Å². The Kier molecular flexibility index (Phi) is 3.67. The van der Waals surface area contributed by atoms with Gasteiger partial charge in [0.2, 0.25) is 0 Å². The van der Waals surface area contributed by atoms with Crippen molar-refractivity contribution in [1.29, 1.82) is 0 Å². The Balaban J connectivity index is 1.41. The van der Waals surface area contributed by atoms with E-state index in [1.54, 1.807) is 18.6 Å². The summed E-state index contributed by atoms with van der Waals surface area (Å²) >= 11 is 0. The Morgan fingerprint density at radius 1 is 0.467 bits per heavy atom. The lowest BCUT2D eigenvalue weighted by Crippen LogP contribution is -1.91. The van der Waals surface area contributed by atoms with Crippen LogP contribution in [0.1, 0.15) is 0 Å². The van der Waals surface area contributed by atoms with E-state index in [4.69, 9.17) is 9.97 Å². The van der Waals surface area contributed by atoms with Crippen molar-refractivity contribution in [3.8, 4) is 22.5 Å². The average Bonchev–Trinajstić information content (AvgIpc) is 2.83. The number of rotatable bonds is 2. The third kappa shape index (κ3) is 2.82. The van der Waals surface area contributed by atoms with Crippen molar-refractivity contribution in [1.82, 2.24) is 29.9 Å². The number of benzene rings is 1. The van der Waals surface area contributed by atoms with Crippen molar-refractivity contribution >= 4 is 33.0 Å². The van der Waals surface area contributed by atoms with E-state index in [1.807, 2.05) is 60.9 Å². The third-order valence-corrected chi connectivity index (χ3v) is 5.08. The van der Waals surface area contributed by atoms with Crippen LogP contribution in [0, 0.1) is 0 Å². The summed E-state index contributed by atoms with van der Waals surface area (Å²) in [6.07, 6.45) is 8.79. The van der Waals surface area contributed by atoms with Gasteiger partial charge in [0.1, 0.15) is 0 Å². The smallest absolute Gasteiger partial charge is 0.0894 e. The van der Waals surface area contributed by atoms with Crippen LogP contribution in [-0.2, 0) is 0 Å². The van der Waals surface area contributed by atoms with Crippen molar-refractivity contribution in [2.45, 2.75) is 0 Å². The molecular formula is C24H14N6. The van der Waals surface area contributed by atoms with Gasteiger partial charge in [0.25, 0.3) is 0 Å². The van der Waals surface area contributed by atoms with Crippen molar-refractivity contribution in [2.75, 3.05) is 0 Å². The summed E-state index contributed by atoms with van der Waals surface area (Å²) in [5.74, 6) is 0. The van der Waals surface area contributed by atoms with E-state index in [0.717, 1.165) is 55.5 Å². The maximum Gasteiger partial charge on any atom is 0.0894 e. The summed E-state index contributed by atoms with van der Waals surface area (Å²) < 4.78 is 0. The Bertz CT molecular complexity index is 1440. The van der Waals surface area contributed by atoms with E-state index in [-0.39, 0.29) is 0 Å². The molecule has 0 saturated heterocycles. The third-order valence-electron chi connectivity index (χ3n) is 5.08. The molecule has 6 rings (SSSR count). The average molecular weight is 386 g/mol. The summed E-state index contributed by atoms with van der Waals surface area (Å²) in [5, 5.41) is 0.991. The van der Waals surface area contributed by atoms with Gasteiger partial charge in [0.15, 0.2) is 0 Å². The molecule has 0 aliphatic heterocycles. The first-order valence-electron chi connectivity index (χ1n) is 9.53. The molecule has 0 bridgehead atoms. The number of nitrogens with zero attached hydrogens (tertiary/aromatic N) is 6. The largest absolute Gasteiger partial charge is 0.264 e. The molecule has 0 saturated carbocycles. The Hall–Kier alpha value is -4.32. The molecule has 0 aliphatic rings. The van der Waals surface area contributed by atoms with Gasteiger partial charge >= 0.3 is 0 Å². The van der Waals surface area contributed by atoms with Gasteiger partial charge in [-0.05, 0) is 48.5 Å². The predicted octanol–water partition coefficient (Wildman–Crippen LogP) is 4.85. The van der Waals surface area contributed by atoms with Crippen molar-refractivity contribution in [3.63, 3.8) is 0 Å². The van der Waals surface area contributed by atoms with Crippen LogP contribution in [-0.4, -0.2) is 29.9 Å². The Morgan fingerprint density at radius 2 is 1.20 bits per heavy atom. The molecule has 0 spiro atoms. The van der Waals surface area contributed by atoms with E-state index in [9.17, 15) is 0 Å². The number of hydrogen-bond donors (Lipinski definition) is 0. The molecule has 5 heterocycles. The fourth-order valence-electron chi connectivity index (χ4n) is 3.57. The van der Waals surface area contributed by atoms with E-state index < -0.39 is 0 Å². The molecule has 0 N–H and O–H groups in total. The highest BCUT2D eigenvalue weighted by Crippen LogP contribution is 2.26. The van der Waals surface area contributed by atoms with Crippen molar-refractivity contribution in [3.05, 3.63) is 85.6 Å². The first-order valence-corrected chi connectivity index (χ1v) is 9.53. The lowest BCUT2D eigenvalue weighted by Gasteiger charge is -2.07. The Labute approximate surface area is 171 Å². The maximum atomic E-state index is 4.80. The fourth-order valence-corrected chi connectivity index (χ4v) is 3.57. The first-order chi connectivity index (χ1) is 14.8. The van der Waals surface area contributed by atoms with Crippen LogP contribution in [0.25, 0.3) is 55.5 Å². The van der Waals surface area contributed by atoms with Gasteiger partial charge in [-0.2, -0.15) is 0 Å². The van der Waals surface area contributed by atoms with E-state index >= 15 is 0 Å². The summed E-state index contributed by atoms with van der Waals surface area (Å²) in [6, 6.07) is 17.9. The first kappa shape index (κ1) is 16.6. The van der Waals surface area contributed by atoms with Gasteiger partial charge in [-0.3, -0.25) is 19.9 Å². The van der Waals surface area contributed by atoms with Crippen LogP contribution < -0.4 is 0 Å². The lowest BCUT2D eigenvalue weighted by molar-refractivity contribution is 1.29. The molecule has 0 fully saturated rings. The normalized spacial score (nSPS) is 11.3. The highest BCUT2D eigenvalue weighted by Gasteiger charge is 2.08. The standard InChI is InChI=1S/C24H14N6/c1-2-21-24(27-10-9-26-21)12-15(1)19-3-5-23-22(29-19)6-4-20(30-23)17-11-16-13-25-8-7-18(16)28-14-17/h1-14H. The topological polar surface area (TPSA) is 77.3 Å². The van der Waals surface area contributed by atoms with Gasteiger partial charge in [0, 0.05) is 47.5 Å². The highest BCUT2D eigenvalue weighted by atomic mass is 14.8. The van der Waals surface area contributed by atoms with Gasteiger partial charge in [-0.15, -0.1) is 0 Å². The maximum absolute atomic E-state index is 4.80. The molecule has 140 valence electrons. The minimum Gasteiger partial charge on any atom is -0.264 e. The Morgan fingerprint density at radius 3 is 2.03 bits per heavy atom. The molecule has 6 aromatic rings. The summed E-state index contributed by atoms with van der Waals surface area (Å²) in [4.78, 5) is 27.0. The SMILES string of the molecule is c1cc2ncc(-c3ccc4nc(-c5ccc6nccnc6c5)ccc4n3)cc2cn1. The molecule has 5 aromatic heterocycles. The number of fused-ring (bicyclic) bond motifs is 3. The van der Waals surface area contributed by atoms with Gasteiger partial charge in [-0.1, -0.05) is 6.07 Å². The predicted molar refractivity (Wildman–Crippen MR) is 117 cm³/mol. The quantitative estimate of drug-likeness (QED) is 0.423. The van der Waals surface area contributed by atoms with Crippen LogP contribution in [0.15, 0.2) is 85.6 Å². The zero-order chi connectivity index (χ0) is 19.9. The number of aromatic nitrogens is 6. The lowest BCUT2D eigenvalue weighted by atomic mass is 10.1. The highest BCUT2D eigenvalue weighted by molar-refractivity contribution is 5.86. The molecule has 1 aromatic carbocycles. The second kappa shape index (κ2) is 6.63. The molecule has 6 nitrogen and oxygen atoms in total. The van der Waals surface area contributed by atoms with Gasteiger partial charge in [-0.25, -0.2) is 9.97 Å². The van der Waals surface area contributed by atoms with Crippen LogP contribution in [0.4, 0.5) is 0 Å². The summed E-state index contributed by atoms with van der Waals surface area (Å²) in [6.45, 7) is 0. The van der Waals surface area contributed by atoms with Crippen LogP contribution in [0.2, 0.25) is 0 Å². The molecule has 0 aliphatic carbocycles. The zero-order valence-corrected chi connectivity index (χ0v) is 15.8. The second-order valence-electron chi connectivity index (χ2n) is 6.98. The molecular weight excluding hydrogens is 372 g/mol. The number of hydrogen-bond acceptors (Lipinski definition) is 6. The zero-order valence-electron chi connectivity index (χ0n) is 15.8. The van der Waals surface area contributed by atoms with E-state index in [1.165, 1.54) is 0 Å². The van der Waals surface area contributed by atoms with E-state index in [2.05, 4.69) is 26.0 Å². The van der Waals surface area contributed by atoms with Crippen molar-refractivity contribution in [2.24, 2.45) is 0 Å². The molecule has 0 amide bonds. The van der Waals surface area contributed by atoms with Crippen LogP contribution >= 0.6 is 0 Å². The van der Waals surface area contributed by atoms with E-state index in [0.29, 0.717) is 0 Å². The van der Waals surface area contributed by atoms with Crippen LogP contribution in [0.5, 0.6) is 0 Å². The molecule has 30 heavy (non-hydrogen) atoms. The number of pyridine rings is 4. The van der Waals surface area contributed by atoms with Crippen LogP contribution in [0.3, 0.4) is 0 Å². The molecule has 0 atom stereocenters.